The van der Waals surface area contributed by atoms with E-state index in [0.717, 1.165) is 11.3 Å². The standard InChI is InChI=1S/C10H16ClNO2S2/c1-2-9-4-6-15-10(9)8-12-16(13,14)7-3-5-11/h4,6,12H,2-3,5,7-8H2,1H3. The third-order valence-electron chi connectivity index (χ3n) is 2.22. The van der Waals surface area contributed by atoms with Crippen molar-refractivity contribution in [3.05, 3.63) is 21.9 Å². The Balaban J connectivity index is 2.51. The van der Waals surface area contributed by atoms with Crippen molar-refractivity contribution in [2.75, 3.05) is 11.6 Å². The summed E-state index contributed by atoms with van der Waals surface area (Å²) in [6, 6.07) is 2.03. The van der Waals surface area contributed by atoms with Crippen LogP contribution in [0, 0.1) is 0 Å². The van der Waals surface area contributed by atoms with E-state index in [9.17, 15) is 8.42 Å². The first-order valence-electron chi connectivity index (χ1n) is 5.17. The summed E-state index contributed by atoms with van der Waals surface area (Å²) in [5.74, 6) is 0.476. The van der Waals surface area contributed by atoms with Gasteiger partial charge in [0.1, 0.15) is 0 Å². The zero-order valence-corrected chi connectivity index (χ0v) is 11.6. The summed E-state index contributed by atoms with van der Waals surface area (Å²) in [6.45, 7) is 2.46. The van der Waals surface area contributed by atoms with E-state index in [-0.39, 0.29) is 5.75 Å². The summed E-state index contributed by atoms with van der Waals surface area (Å²) in [4.78, 5) is 1.09. The smallest absolute Gasteiger partial charge is 0.211 e. The Morgan fingerprint density at radius 3 is 2.88 bits per heavy atom. The molecule has 1 rings (SSSR count). The minimum absolute atomic E-state index is 0.101. The number of hydrogen-bond donors (Lipinski definition) is 1. The minimum Gasteiger partial charge on any atom is -0.212 e. The van der Waals surface area contributed by atoms with Gasteiger partial charge in [-0.3, -0.25) is 0 Å². The summed E-state index contributed by atoms with van der Waals surface area (Å²) < 4.78 is 25.6. The highest BCUT2D eigenvalue weighted by molar-refractivity contribution is 7.89. The van der Waals surface area contributed by atoms with Gasteiger partial charge >= 0.3 is 0 Å². The van der Waals surface area contributed by atoms with Crippen molar-refractivity contribution in [1.82, 2.24) is 4.72 Å². The lowest BCUT2D eigenvalue weighted by atomic mass is 10.2. The molecule has 6 heteroatoms. The lowest BCUT2D eigenvalue weighted by molar-refractivity contribution is 0.580. The molecule has 3 nitrogen and oxygen atoms in total. The van der Waals surface area contributed by atoms with Gasteiger partial charge in [0.2, 0.25) is 10.0 Å². The van der Waals surface area contributed by atoms with Gasteiger partial charge in [-0.25, -0.2) is 13.1 Å². The van der Waals surface area contributed by atoms with Crippen LogP contribution in [0.5, 0.6) is 0 Å². The normalized spacial score (nSPS) is 11.9. The van der Waals surface area contributed by atoms with Gasteiger partial charge in [0.05, 0.1) is 5.75 Å². The first-order chi connectivity index (χ1) is 7.59. The molecule has 0 aliphatic carbocycles. The van der Waals surface area contributed by atoms with E-state index in [0.29, 0.717) is 18.8 Å². The Hall–Kier alpha value is -0.100. The van der Waals surface area contributed by atoms with Gasteiger partial charge in [0, 0.05) is 17.3 Å². The SMILES string of the molecule is CCc1ccsc1CNS(=O)(=O)CCCCl. The van der Waals surface area contributed by atoms with Crippen molar-refractivity contribution in [3.8, 4) is 0 Å². The molecule has 0 radical (unpaired) electrons. The molecule has 0 saturated heterocycles. The number of alkyl halides is 1. The van der Waals surface area contributed by atoms with Crippen LogP contribution in [0.1, 0.15) is 23.8 Å². The lowest BCUT2D eigenvalue weighted by Gasteiger charge is -2.05. The second kappa shape index (κ2) is 6.59. The first-order valence-corrected chi connectivity index (χ1v) is 8.24. The predicted octanol–water partition coefficient (Wildman–Crippen LogP) is 2.36. The molecule has 0 unspecified atom stereocenters. The van der Waals surface area contributed by atoms with Crippen LogP contribution in [0.4, 0.5) is 0 Å². The molecule has 1 N–H and O–H groups in total. The molecule has 0 spiro atoms. The van der Waals surface area contributed by atoms with Crippen LogP contribution in [0.3, 0.4) is 0 Å². The fourth-order valence-electron chi connectivity index (χ4n) is 1.33. The Labute approximate surface area is 106 Å². The topological polar surface area (TPSA) is 46.2 Å². The molecule has 0 bridgehead atoms. The monoisotopic (exact) mass is 281 g/mol. The maximum atomic E-state index is 11.5. The number of halogens is 1. The van der Waals surface area contributed by atoms with Crippen molar-refractivity contribution < 1.29 is 8.42 Å². The molecule has 1 heterocycles. The highest BCUT2D eigenvalue weighted by Gasteiger charge is 2.10. The largest absolute Gasteiger partial charge is 0.212 e. The van der Waals surface area contributed by atoms with Crippen LogP contribution in [0.2, 0.25) is 0 Å². The van der Waals surface area contributed by atoms with Crippen molar-refractivity contribution in [2.45, 2.75) is 26.3 Å². The van der Waals surface area contributed by atoms with Crippen LogP contribution < -0.4 is 4.72 Å². The molecule has 92 valence electrons. The second-order valence-corrected chi connectivity index (χ2v) is 6.71. The molecule has 0 aromatic carbocycles. The molecular weight excluding hydrogens is 266 g/mol. The number of thiophene rings is 1. The number of hydrogen-bond acceptors (Lipinski definition) is 3. The van der Waals surface area contributed by atoms with Crippen molar-refractivity contribution in [3.63, 3.8) is 0 Å². The van der Waals surface area contributed by atoms with Gasteiger partial charge in [-0.05, 0) is 29.9 Å². The molecule has 16 heavy (non-hydrogen) atoms. The van der Waals surface area contributed by atoms with E-state index in [4.69, 9.17) is 11.6 Å². The highest BCUT2D eigenvalue weighted by Crippen LogP contribution is 2.17. The molecular formula is C10H16ClNO2S2. The third kappa shape index (κ3) is 4.41. The average Bonchev–Trinajstić information content (AvgIpc) is 2.71. The van der Waals surface area contributed by atoms with Crippen LogP contribution >= 0.6 is 22.9 Å². The van der Waals surface area contributed by atoms with Crippen LogP contribution in [-0.4, -0.2) is 20.1 Å². The van der Waals surface area contributed by atoms with Crippen molar-refractivity contribution in [2.24, 2.45) is 0 Å². The Morgan fingerprint density at radius 1 is 1.50 bits per heavy atom. The van der Waals surface area contributed by atoms with E-state index in [1.54, 1.807) is 11.3 Å². The summed E-state index contributed by atoms with van der Waals surface area (Å²) >= 11 is 7.05. The fraction of sp³-hybridized carbons (Fsp3) is 0.600. The molecule has 0 atom stereocenters. The van der Waals surface area contributed by atoms with Crippen LogP contribution in [0.15, 0.2) is 11.4 Å². The number of aryl methyl sites for hydroxylation is 1. The van der Waals surface area contributed by atoms with Gasteiger partial charge in [-0.15, -0.1) is 22.9 Å². The third-order valence-corrected chi connectivity index (χ3v) is 4.86. The zero-order valence-electron chi connectivity index (χ0n) is 9.20. The van der Waals surface area contributed by atoms with E-state index in [1.165, 1.54) is 5.56 Å². The highest BCUT2D eigenvalue weighted by atomic mass is 35.5. The molecule has 0 amide bonds. The van der Waals surface area contributed by atoms with Gasteiger partial charge < -0.3 is 0 Å². The Kier molecular flexibility index (Phi) is 5.75. The second-order valence-electron chi connectivity index (χ2n) is 3.41. The summed E-state index contributed by atoms with van der Waals surface area (Å²) in [5.41, 5.74) is 1.21. The van der Waals surface area contributed by atoms with E-state index in [1.807, 2.05) is 11.4 Å². The maximum Gasteiger partial charge on any atom is 0.211 e. The van der Waals surface area contributed by atoms with Crippen molar-refractivity contribution in [1.29, 1.82) is 0 Å². The van der Waals surface area contributed by atoms with Gasteiger partial charge in [-0.1, -0.05) is 6.92 Å². The number of sulfonamides is 1. The van der Waals surface area contributed by atoms with Crippen LogP contribution in [-0.2, 0) is 23.0 Å². The average molecular weight is 282 g/mol. The summed E-state index contributed by atoms with van der Waals surface area (Å²) in [7, 11) is -3.17. The molecule has 0 aliphatic heterocycles. The Morgan fingerprint density at radius 2 is 2.25 bits per heavy atom. The summed E-state index contributed by atoms with van der Waals surface area (Å²) in [5, 5.41) is 1.99. The Bertz CT molecular complexity index is 414. The molecule has 0 fully saturated rings. The van der Waals surface area contributed by atoms with Crippen molar-refractivity contribution >= 4 is 33.0 Å². The number of rotatable bonds is 7. The van der Waals surface area contributed by atoms with E-state index in [2.05, 4.69) is 11.6 Å². The zero-order chi connectivity index (χ0) is 12.0. The van der Waals surface area contributed by atoms with E-state index >= 15 is 0 Å². The first kappa shape index (κ1) is 14.0. The fourth-order valence-corrected chi connectivity index (χ4v) is 3.66. The predicted molar refractivity (Wildman–Crippen MR) is 69.7 cm³/mol. The van der Waals surface area contributed by atoms with Gasteiger partial charge in [0.15, 0.2) is 0 Å². The van der Waals surface area contributed by atoms with E-state index < -0.39 is 10.0 Å². The molecule has 0 saturated carbocycles. The molecule has 1 aromatic rings. The number of nitrogens with one attached hydrogen (secondary N) is 1. The van der Waals surface area contributed by atoms with Crippen LogP contribution in [0.25, 0.3) is 0 Å². The summed E-state index contributed by atoms with van der Waals surface area (Å²) in [6.07, 6.45) is 1.42. The lowest BCUT2D eigenvalue weighted by Crippen LogP contribution is -2.26. The molecule has 0 aliphatic rings. The van der Waals surface area contributed by atoms with Gasteiger partial charge in [-0.2, -0.15) is 0 Å². The van der Waals surface area contributed by atoms with Gasteiger partial charge in [0.25, 0.3) is 0 Å². The maximum absolute atomic E-state index is 11.5. The molecule has 1 aromatic heterocycles. The quantitative estimate of drug-likeness (QED) is 0.780. The minimum atomic E-state index is -3.17.